The van der Waals surface area contributed by atoms with E-state index < -0.39 is 11.9 Å². The minimum atomic E-state index is -4.53. The third kappa shape index (κ3) is 3.15. The number of anilines is 1. The van der Waals surface area contributed by atoms with Gasteiger partial charge in [-0.25, -0.2) is 19.9 Å². The molecule has 4 unspecified atom stereocenters. The Balaban J connectivity index is 1.25. The number of rotatable bonds is 4. The number of benzene rings is 1. The number of hydrogen-bond donors (Lipinski definition) is 1. The van der Waals surface area contributed by atoms with Gasteiger partial charge in [-0.05, 0) is 36.3 Å². The maximum absolute atomic E-state index is 13.6. The van der Waals surface area contributed by atoms with Crippen molar-refractivity contribution >= 4 is 11.7 Å². The Bertz CT molecular complexity index is 1220. The van der Waals surface area contributed by atoms with Crippen LogP contribution in [0.25, 0.3) is 11.4 Å². The molecule has 2 aromatic heterocycles. The molecule has 1 spiro atoms. The van der Waals surface area contributed by atoms with Crippen molar-refractivity contribution in [3.05, 3.63) is 66.4 Å². The summed E-state index contributed by atoms with van der Waals surface area (Å²) in [5.74, 6) is 1.14. The average molecular weight is 452 g/mol. The first kappa shape index (κ1) is 20.1. The van der Waals surface area contributed by atoms with Gasteiger partial charge in [0.2, 0.25) is 0 Å². The number of alkyl halides is 3. The van der Waals surface area contributed by atoms with Crippen molar-refractivity contribution in [1.82, 2.24) is 24.8 Å². The number of carbonyl (C=O) groups is 1. The minimum Gasteiger partial charge on any atom is -0.364 e. The molecule has 2 aliphatic carbocycles. The van der Waals surface area contributed by atoms with Gasteiger partial charge in [0, 0.05) is 30.5 Å². The van der Waals surface area contributed by atoms with Crippen LogP contribution in [0.5, 0.6) is 0 Å². The van der Waals surface area contributed by atoms with Gasteiger partial charge in [-0.3, -0.25) is 4.79 Å². The number of nitrogens with zero attached hydrogens (tertiary/aromatic N) is 5. The van der Waals surface area contributed by atoms with Crippen molar-refractivity contribution in [3.63, 3.8) is 0 Å². The SMILES string of the molecule is O=C(c1ccccc1-c1ncccn1)N1CC2CC23CC(Nc2cnc(C(F)(F)F)cn2)C13. The van der Waals surface area contributed by atoms with Gasteiger partial charge in [0.1, 0.15) is 5.82 Å². The van der Waals surface area contributed by atoms with Gasteiger partial charge in [-0.1, -0.05) is 18.2 Å². The van der Waals surface area contributed by atoms with Crippen molar-refractivity contribution in [2.24, 2.45) is 11.3 Å². The molecular weight excluding hydrogens is 433 g/mol. The fourth-order valence-corrected chi connectivity index (χ4v) is 5.55. The zero-order valence-electron chi connectivity index (χ0n) is 17.3. The maximum atomic E-state index is 13.6. The standard InChI is InChI=1S/C23H19F3N6O/c24-23(25,26)17-10-30-18(11-29-17)31-16-9-22-8-13(22)12-32(19(16)22)21(33)15-5-2-1-4-14(15)20-27-6-3-7-28-20/h1-7,10-11,13,16,19H,8-9,12H2,(H,30,31). The van der Waals surface area contributed by atoms with Crippen molar-refractivity contribution in [2.75, 3.05) is 11.9 Å². The number of nitrogens with one attached hydrogen (secondary N) is 1. The van der Waals surface area contributed by atoms with E-state index in [1.54, 1.807) is 24.5 Å². The zero-order chi connectivity index (χ0) is 22.8. The van der Waals surface area contributed by atoms with Gasteiger partial charge in [-0.15, -0.1) is 0 Å². The van der Waals surface area contributed by atoms with Crippen LogP contribution in [0.4, 0.5) is 19.0 Å². The quantitative estimate of drug-likeness (QED) is 0.651. The minimum absolute atomic E-state index is 0.0381. The highest BCUT2D eigenvalue weighted by atomic mass is 19.4. The number of amides is 1. The molecule has 0 bridgehead atoms. The third-order valence-electron chi connectivity index (χ3n) is 7.10. The van der Waals surface area contributed by atoms with Crippen LogP contribution < -0.4 is 5.32 Å². The summed E-state index contributed by atoms with van der Waals surface area (Å²) in [6.07, 6.45) is 2.50. The van der Waals surface area contributed by atoms with Crippen molar-refractivity contribution in [3.8, 4) is 11.4 Å². The fraction of sp³-hybridized carbons (Fsp3) is 0.348. The number of halogens is 3. The molecular formula is C23H19F3N6O. The van der Waals surface area contributed by atoms with E-state index in [1.165, 1.54) is 0 Å². The van der Waals surface area contributed by atoms with Crippen LogP contribution in [0.2, 0.25) is 0 Å². The number of piperidine rings is 1. The first-order valence-corrected chi connectivity index (χ1v) is 10.7. The lowest BCUT2D eigenvalue weighted by atomic mass is 9.71. The molecule has 10 heteroatoms. The summed E-state index contributed by atoms with van der Waals surface area (Å²) in [7, 11) is 0. The molecule has 7 nitrogen and oxygen atoms in total. The molecule has 1 N–H and O–H groups in total. The lowest BCUT2D eigenvalue weighted by Crippen LogP contribution is -2.60. The van der Waals surface area contributed by atoms with Gasteiger partial charge < -0.3 is 10.2 Å². The summed E-state index contributed by atoms with van der Waals surface area (Å²) in [5.41, 5.74) is 0.290. The number of likely N-dealkylation sites (tertiary alicyclic amines) is 1. The van der Waals surface area contributed by atoms with Gasteiger partial charge in [0.25, 0.3) is 5.91 Å². The Morgan fingerprint density at radius 1 is 1.03 bits per heavy atom. The van der Waals surface area contributed by atoms with Crippen LogP contribution in [0.3, 0.4) is 0 Å². The summed E-state index contributed by atoms with van der Waals surface area (Å²) in [5, 5.41) is 3.20. The molecule has 1 aliphatic heterocycles. The highest BCUT2D eigenvalue weighted by Crippen LogP contribution is 2.71. The number of carbonyl (C=O) groups excluding carboxylic acids is 1. The predicted octanol–water partition coefficient (Wildman–Crippen LogP) is 3.67. The third-order valence-corrected chi connectivity index (χ3v) is 7.10. The Kier molecular flexibility index (Phi) is 4.24. The van der Waals surface area contributed by atoms with E-state index in [1.807, 2.05) is 23.1 Å². The highest BCUT2D eigenvalue weighted by Gasteiger charge is 2.75. The molecule has 4 atom stereocenters. The molecule has 33 heavy (non-hydrogen) atoms. The summed E-state index contributed by atoms with van der Waals surface area (Å²) < 4.78 is 38.3. The molecule has 3 heterocycles. The van der Waals surface area contributed by atoms with E-state index in [-0.39, 0.29) is 29.2 Å². The molecule has 3 aromatic rings. The fourth-order valence-electron chi connectivity index (χ4n) is 5.55. The second kappa shape index (κ2) is 6.97. The Morgan fingerprint density at radius 2 is 1.82 bits per heavy atom. The van der Waals surface area contributed by atoms with E-state index in [2.05, 4.69) is 25.3 Å². The predicted molar refractivity (Wildman–Crippen MR) is 112 cm³/mol. The number of hydrogen-bond acceptors (Lipinski definition) is 6. The van der Waals surface area contributed by atoms with E-state index in [0.29, 0.717) is 29.4 Å². The molecule has 3 aliphatic rings. The van der Waals surface area contributed by atoms with Crippen molar-refractivity contribution in [1.29, 1.82) is 0 Å². The van der Waals surface area contributed by atoms with Crippen molar-refractivity contribution < 1.29 is 18.0 Å². The molecule has 1 aromatic carbocycles. The topological polar surface area (TPSA) is 83.9 Å². The second-order valence-corrected chi connectivity index (χ2v) is 8.89. The van der Waals surface area contributed by atoms with Crippen LogP contribution in [0, 0.1) is 11.3 Å². The van der Waals surface area contributed by atoms with E-state index in [0.717, 1.165) is 25.2 Å². The molecule has 3 fully saturated rings. The monoisotopic (exact) mass is 452 g/mol. The normalized spacial score (nSPS) is 27.4. The average Bonchev–Trinajstić information content (AvgIpc) is 3.47. The van der Waals surface area contributed by atoms with Crippen LogP contribution in [0.1, 0.15) is 28.9 Å². The van der Waals surface area contributed by atoms with Crippen LogP contribution in [0.15, 0.2) is 55.1 Å². The largest absolute Gasteiger partial charge is 0.434 e. The Hall–Kier alpha value is -3.56. The highest BCUT2D eigenvalue weighted by molar-refractivity contribution is 6.00. The lowest BCUT2D eigenvalue weighted by molar-refractivity contribution is -0.141. The Labute approximate surface area is 187 Å². The van der Waals surface area contributed by atoms with Crippen LogP contribution in [-0.2, 0) is 6.18 Å². The van der Waals surface area contributed by atoms with Gasteiger partial charge in [0.05, 0.1) is 24.0 Å². The smallest absolute Gasteiger partial charge is 0.364 e. The first-order chi connectivity index (χ1) is 15.9. The maximum Gasteiger partial charge on any atom is 0.434 e. The molecule has 6 rings (SSSR count). The molecule has 168 valence electrons. The zero-order valence-corrected chi connectivity index (χ0v) is 17.3. The van der Waals surface area contributed by atoms with Crippen molar-refractivity contribution in [2.45, 2.75) is 31.1 Å². The van der Waals surface area contributed by atoms with Gasteiger partial charge in [-0.2, -0.15) is 13.2 Å². The van der Waals surface area contributed by atoms with Crippen LogP contribution in [-0.4, -0.2) is 49.4 Å². The molecule has 1 saturated heterocycles. The summed E-state index contributed by atoms with van der Waals surface area (Å²) in [6, 6.07) is 8.89. The molecule has 1 amide bonds. The lowest BCUT2D eigenvalue weighted by Gasteiger charge is -2.48. The van der Waals surface area contributed by atoms with E-state index in [9.17, 15) is 18.0 Å². The summed E-state index contributed by atoms with van der Waals surface area (Å²) in [6.45, 7) is 0.671. The summed E-state index contributed by atoms with van der Waals surface area (Å²) in [4.78, 5) is 31.5. The van der Waals surface area contributed by atoms with E-state index >= 15 is 0 Å². The first-order valence-electron chi connectivity index (χ1n) is 10.7. The summed E-state index contributed by atoms with van der Waals surface area (Å²) >= 11 is 0. The van der Waals surface area contributed by atoms with Crippen LogP contribution >= 0.6 is 0 Å². The van der Waals surface area contributed by atoms with Gasteiger partial charge in [0.15, 0.2) is 11.5 Å². The van der Waals surface area contributed by atoms with Gasteiger partial charge >= 0.3 is 6.18 Å². The van der Waals surface area contributed by atoms with E-state index in [4.69, 9.17) is 0 Å². The second-order valence-electron chi connectivity index (χ2n) is 8.89. The Morgan fingerprint density at radius 3 is 2.55 bits per heavy atom. The molecule has 2 saturated carbocycles. The molecule has 0 radical (unpaired) electrons. The number of aromatic nitrogens is 4.